The molecule has 460 valence electrons. The van der Waals surface area contributed by atoms with E-state index in [2.05, 4.69) is 42.5 Å². The van der Waals surface area contributed by atoms with Crippen molar-refractivity contribution < 1.29 is 88.2 Å². The minimum Gasteiger partial charge on any atom is -0.508 e. The summed E-state index contributed by atoms with van der Waals surface area (Å²) in [6.45, 7) is 2.63. The quantitative estimate of drug-likeness (QED) is 0.0280. The number of aliphatic hydroxyl groups is 2. The molecule has 9 amide bonds. The van der Waals surface area contributed by atoms with Crippen LogP contribution < -0.4 is 65.5 Å². The first kappa shape index (κ1) is 70.8. The zero-order valence-electron chi connectivity index (χ0n) is 46.3. The van der Waals surface area contributed by atoms with E-state index in [1.165, 1.54) is 24.3 Å². The molecule has 0 bridgehead atoms. The molecule has 2 aromatic carbocycles. The Hall–Kier alpha value is -8.32. The lowest BCUT2D eigenvalue weighted by Gasteiger charge is -2.29. The third-order valence-electron chi connectivity index (χ3n) is 12.8. The number of carbonyl (C=O) groups excluding carboxylic acids is 9. The average molecular weight is 1170 g/mol. The molecular weight excluding hydrogens is 1090 g/mol. The lowest BCUT2D eigenvalue weighted by atomic mass is 10.0. The smallest absolute Gasteiger partial charge is 0.326 e. The van der Waals surface area contributed by atoms with Gasteiger partial charge in [-0.05, 0) is 102 Å². The Balaban J connectivity index is 2.43. The Bertz CT molecular complexity index is 2500. The number of hydrogen-bond donors (Lipinski definition) is 18. The second-order valence-electron chi connectivity index (χ2n) is 19.8. The van der Waals surface area contributed by atoms with E-state index < -0.39 is 176 Å². The highest BCUT2D eigenvalue weighted by Gasteiger charge is 2.37. The van der Waals surface area contributed by atoms with Gasteiger partial charge in [-0.15, -0.1) is 0 Å². The molecule has 0 radical (unpaired) electrons. The number of rotatable bonds is 40. The van der Waals surface area contributed by atoms with Crippen LogP contribution in [0.5, 0.6) is 5.75 Å². The summed E-state index contributed by atoms with van der Waals surface area (Å²) in [4.78, 5) is 158. The number of carboxylic acids is 3. The van der Waals surface area contributed by atoms with Crippen LogP contribution in [-0.4, -0.2) is 181 Å². The van der Waals surface area contributed by atoms with Crippen LogP contribution in [0, 0.1) is 0 Å². The number of carbonyl (C=O) groups is 12. The topological polar surface area (TPSA) is 527 Å². The minimum absolute atomic E-state index is 0.0996. The van der Waals surface area contributed by atoms with Crippen LogP contribution >= 0.6 is 0 Å². The van der Waals surface area contributed by atoms with Gasteiger partial charge in [0.25, 0.3) is 0 Å². The van der Waals surface area contributed by atoms with E-state index in [4.69, 9.17) is 22.9 Å². The van der Waals surface area contributed by atoms with Crippen molar-refractivity contribution in [3.8, 4) is 5.75 Å². The van der Waals surface area contributed by atoms with Crippen LogP contribution in [0.25, 0.3) is 0 Å². The second-order valence-corrected chi connectivity index (χ2v) is 19.8. The molecule has 11 atom stereocenters. The van der Waals surface area contributed by atoms with Crippen LogP contribution in [0.4, 0.5) is 0 Å². The Labute approximate surface area is 478 Å². The van der Waals surface area contributed by atoms with Crippen molar-refractivity contribution >= 4 is 71.1 Å². The number of phenolic OH excluding ortho intramolecular Hbond substituents is 1. The summed E-state index contributed by atoms with van der Waals surface area (Å²) < 4.78 is 0. The molecule has 0 aliphatic carbocycles. The first-order valence-electron chi connectivity index (χ1n) is 26.9. The maximum Gasteiger partial charge on any atom is 0.326 e. The predicted octanol–water partition coefficient (Wildman–Crippen LogP) is -4.52. The molecule has 0 unspecified atom stereocenters. The van der Waals surface area contributed by atoms with Gasteiger partial charge in [-0.1, -0.05) is 48.9 Å². The Morgan fingerprint density at radius 1 is 0.434 bits per heavy atom. The van der Waals surface area contributed by atoms with Crippen LogP contribution in [-0.2, 0) is 70.4 Å². The summed E-state index contributed by atoms with van der Waals surface area (Å²) in [5.74, 6) is -14.4. The highest BCUT2D eigenvalue weighted by molar-refractivity contribution is 5.98. The molecular formula is C53H80N12O18. The third kappa shape index (κ3) is 26.9. The Kier molecular flexibility index (Phi) is 31.5. The summed E-state index contributed by atoms with van der Waals surface area (Å²) in [7, 11) is 0. The van der Waals surface area contributed by atoms with Crippen LogP contribution in [0.1, 0.15) is 102 Å². The molecule has 2 rings (SSSR count). The van der Waals surface area contributed by atoms with Crippen LogP contribution in [0.2, 0.25) is 0 Å². The number of phenols is 1. The van der Waals surface area contributed by atoms with Crippen LogP contribution in [0.3, 0.4) is 0 Å². The van der Waals surface area contributed by atoms with Gasteiger partial charge in [0.1, 0.15) is 54.1 Å². The van der Waals surface area contributed by atoms with Crippen molar-refractivity contribution in [1.29, 1.82) is 0 Å². The number of unbranched alkanes of at least 4 members (excludes halogenated alkanes) is 2. The van der Waals surface area contributed by atoms with E-state index in [0.717, 1.165) is 13.8 Å². The van der Waals surface area contributed by atoms with Gasteiger partial charge in [-0.25, -0.2) is 4.79 Å². The number of amides is 9. The van der Waals surface area contributed by atoms with Gasteiger partial charge in [0.05, 0.1) is 18.2 Å². The Morgan fingerprint density at radius 3 is 1.22 bits per heavy atom. The van der Waals surface area contributed by atoms with Gasteiger partial charge in [0, 0.05) is 32.1 Å². The molecule has 0 fully saturated rings. The SMILES string of the molecule is C[C@@H](O)[C@H](NC(=O)[C@H](CCC(N)=O)NC(=O)[C@@H](NC(=O)[C@H](Cc1ccc(O)cc1)NC(=O)[C@@H](N)CCCCN)[C@@H](C)O)C(=O)N[C@@H](CCC(=O)O)C(=O)N[C@@H](CCC(=O)O)C(=O)N[C@@H](CCCCN)C(=O)N[C@@H](Cc1ccccc1)C(=O)O. The lowest BCUT2D eigenvalue weighted by molar-refractivity contribution is -0.142. The maximum atomic E-state index is 14.0. The molecule has 30 nitrogen and oxygen atoms in total. The van der Waals surface area contributed by atoms with E-state index in [1.54, 1.807) is 30.3 Å². The van der Waals surface area contributed by atoms with Crippen molar-refractivity contribution in [3.05, 3.63) is 65.7 Å². The van der Waals surface area contributed by atoms with Crippen molar-refractivity contribution in [2.75, 3.05) is 13.1 Å². The number of carboxylic acid groups (broad SMARTS) is 3. The summed E-state index contributed by atoms with van der Waals surface area (Å²) in [6, 6.07) is -1.08. The van der Waals surface area contributed by atoms with Gasteiger partial charge in [-0.2, -0.15) is 0 Å². The molecule has 0 aromatic heterocycles. The number of aliphatic carboxylic acids is 3. The monoisotopic (exact) mass is 1170 g/mol. The van der Waals surface area contributed by atoms with E-state index >= 15 is 0 Å². The fourth-order valence-electron chi connectivity index (χ4n) is 8.09. The fraction of sp³-hybridized carbons (Fsp3) is 0.547. The number of aromatic hydroxyl groups is 1. The molecule has 0 saturated heterocycles. The zero-order valence-corrected chi connectivity index (χ0v) is 46.3. The van der Waals surface area contributed by atoms with E-state index in [1.807, 2.05) is 0 Å². The van der Waals surface area contributed by atoms with Gasteiger partial charge >= 0.3 is 17.9 Å². The van der Waals surface area contributed by atoms with Crippen molar-refractivity contribution in [1.82, 2.24) is 42.5 Å². The van der Waals surface area contributed by atoms with E-state index in [9.17, 15) is 88.2 Å². The largest absolute Gasteiger partial charge is 0.508 e. The molecule has 0 aliphatic rings. The fourth-order valence-corrected chi connectivity index (χ4v) is 8.09. The molecule has 0 saturated carbocycles. The van der Waals surface area contributed by atoms with Gasteiger partial charge in [-0.3, -0.25) is 52.7 Å². The van der Waals surface area contributed by atoms with Crippen LogP contribution in [0.15, 0.2) is 54.6 Å². The lowest BCUT2D eigenvalue weighted by Crippen LogP contribution is -2.63. The first-order valence-corrected chi connectivity index (χ1v) is 26.9. The van der Waals surface area contributed by atoms with Crippen molar-refractivity contribution in [3.63, 3.8) is 0 Å². The average Bonchev–Trinajstić information content (AvgIpc) is 3.50. The minimum atomic E-state index is -2.05. The molecule has 22 N–H and O–H groups in total. The number of benzene rings is 2. The summed E-state index contributed by atoms with van der Waals surface area (Å²) in [5, 5.41) is 79.0. The third-order valence-corrected chi connectivity index (χ3v) is 12.8. The molecule has 30 heteroatoms. The molecule has 83 heavy (non-hydrogen) atoms. The second kappa shape index (κ2) is 36.9. The molecule has 0 aliphatic heterocycles. The van der Waals surface area contributed by atoms with Crippen molar-refractivity contribution in [2.24, 2.45) is 22.9 Å². The summed E-state index contributed by atoms with van der Waals surface area (Å²) in [6.07, 6.45) is -6.28. The number of aliphatic hydroxyl groups excluding tert-OH is 2. The summed E-state index contributed by atoms with van der Waals surface area (Å²) >= 11 is 0. The zero-order chi connectivity index (χ0) is 62.3. The number of nitrogens with one attached hydrogen (secondary N) is 8. The van der Waals surface area contributed by atoms with Gasteiger partial charge in [0.2, 0.25) is 53.2 Å². The molecule has 0 spiro atoms. The normalized spacial score (nSPS) is 15.0. The van der Waals surface area contributed by atoms with E-state index in [-0.39, 0.29) is 44.4 Å². The van der Waals surface area contributed by atoms with Gasteiger partial charge < -0.3 is 96.1 Å². The first-order chi connectivity index (χ1) is 39.2. The standard InChI is InChI=1S/C53H80N12O18/c1-28(66)43(64-49(78)35(18-21-40(57)69)60-52(81)44(29(2)67)65-50(79)38(26-31-14-16-32(68)17-15-31)62-45(74)33(56)12-6-8-24-54)51(80)61-37(20-23-42(72)73)48(77)59-36(19-22-41(70)71)47(76)58-34(13-7-9-25-55)46(75)63-39(53(82)83)27-30-10-4-3-5-11-30/h3-5,10-11,14-17,28-29,33-39,43-44,66-68H,6-9,12-13,18-27,54-56H2,1-2H3,(H2,57,69)(H,58,76)(H,59,77)(H,60,81)(H,61,80)(H,62,74)(H,63,75)(H,64,78)(H,65,79)(H,70,71)(H,72,73)(H,82,83)/t28-,29-,33+,34+,35+,36+,37+,38+,39+,43+,44+/m1/s1. The molecule has 0 heterocycles. The Morgan fingerprint density at radius 2 is 0.795 bits per heavy atom. The number of primary amides is 1. The van der Waals surface area contributed by atoms with Gasteiger partial charge in [0.15, 0.2) is 0 Å². The number of nitrogens with two attached hydrogens (primary N) is 4. The predicted molar refractivity (Wildman–Crippen MR) is 294 cm³/mol. The number of hydrogen-bond acceptors (Lipinski definition) is 18. The summed E-state index contributed by atoms with van der Waals surface area (Å²) in [5.41, 5.74) is 23.6. The highest BCUT2D eigenvalue weighted by Crippen LogP contribution is 2.14. The van der Waals surface area contributed by atoms with E-state index in [0.29, 0.717) is 36.9 Å². The molecule has 2 aromatic rings. The highest BCUT2D eigenvalue weighted by atomic mass is 16.4. The van der Waals surface area contributed by atoms with Crippen molar-refractivity contribution in [2.45, 2.75) is 170 Å². The maximum absolute atomic E-state index is 14.0.